The van der Waals surface area contributed by atoms with Crippen LogP contribution in [0.15, 0.2) is 30.3 Å². The van der Waals surface area contributed by atoms with E-state index in [1.807, 2.05) is 6.07 Å². The number of benzene rings is 1. The van der Waals surface area contributed by atoms with Crippen molar-refractivity contribution in [1.29, 1.82) is 0 Å². The van der Waals surface area contributed by atoms with Crippen LogP contribution in [0.4, 0.5) is 5.69 Å². The molecule has 2 aromatic rings. The second kappa shape index (κ2) is 5.96. The first-order valence-electron chi connectivity index (χ1n) is 5.71. The van der Waals surface area contributed by atoms with Crippen molar-refractivity contribution >= 4 is 40.2 Å². The molecule has 2 rings (SSSR count). The molecule has 0 radical (unpaired) electrons. The van der Waals surface area contributed by atoms with Gasteiger partial charge in [-0.25, -0.2) is 0 Å². The Kier molecular flexibility index (Phi) is 4.55. The molecule has 0 spiro atoms. The normalized spacial score (nSPS) is 10.7. The first kappa shape index (κ1) is 13.7. The van der Waals surface area contributed by atoms with Crippen molar-refractivity contribution in [3.63, 3.8) is 0 Å². The second-order valence-corrected chi connectivity index (χ2v) is 6.38. The molecule has 0 aliphatic rings. The molecule has 1 aromatic carbocycles. The lowest BCUT2D eigenvalue weighted by Crippen LogP contribution is -2.16. The summed E-state index contributed by atoms with van der Waals surface area (Å²) in [5.41, 5.74) is 3.64. The molecule has 4 heteroatoms. The minimum Gasteiger partial charge on any atom is -0.369 e. The number of alkyl halides is 1. The van der Waals surface area contributed by atoms with Crippen LogP contribution in [0.5, 0.6) is 0 Å². The molecule has 1 nitrogen and oxygen atoms in total. The van der Waals surface area contributed by atoms with Crippen molar-refractivity contribution in [2.45, 2.75) is 19.3 Å². The molecule has 0 saturated heterocycles. The maximum atomic E-state index is 5.95. The van der Waals surface area contributed by atoms with Crippen molar-refractivity contribution in [3.05, 3.63) is 50.7 Å². The number of nitrogens with zero attached hydrogens (tertiary/aromatic N) is 1. The average molecular weight is 300 g/mol. The van der Waals surface area contributed by atoms with Crippen LogP contribution in [0.1, 0.15) is 16.0 Å². The first-order chi connectivity index (χ1) is 8.60. The van der Waals surface area contributed by atoms with E-state index in [0.717, 1.165) is 16.4 Å². The zero-order chi connectivity index (χ0) is 13.1. The van der Waals surface area contributed by atoms with Crippen LogP contribution in [-0.4, -0.2) is 7.05 Å². The Morgan fingerprint density at radius 2 is 2.00 bits per heavy atom. The molecule has 0 saturated carbocycles. The third-order valence-corrected chi connectivity index (χ3v) is 4.37. The summed E-state index contributed by atoms with van der Waals surface area (Å²) in [4.78, 5) is 3.50. The van der Waals surface area contributed by atoms with Gasteiger partial charge in [0.05, 0.1) is 10.9 Å². The minimum absolute atomic E-state index is 0.561. The Bertz CT molecular complexity index is 536. The Labute approximate surface area is 122 Å². The minimum atomic E-state index is 0.561. The monoisotopic (exact) mass is 299 g/mol. The third-order valence-electron chi connectivity index (χ3n) is 2.85. The van der Waals surface area contributed by atoms with E-state index in [2.05, 4.69) is 43.1 Å². The van der Waals surface area contributed by atoms with Crippen LogP contribution in [0.2, 0.25) is 4.34 Å². The lowest BCUT2D eigenvalue weighted by molar-refractivity contribution is 0.933. The van der Waals surface area contributed by atoms with E-state index in [-0.39, 0.29) is 0 Å². The Hall–Kier alpha value is -0.700. The largest absolute Gasteiger partial charge is 0.369 e. The quantitative estimate of drug-likeness (QED) is 0.711. The van der Waals surface area contributed by atoms with Crippen molar-refractivity contribution < 1.29 is 0 Å². The lowest BCUT2D eigenvalue weighted by Gasteiger charge is -2.21. The highest BCUT2D eigenvalue weighted by atomic mass is 35.5. The summed E-state index contributed by atoms with van der Waals surface area (Å²) in [6, 6.07) is 10.4. The summed E-state index contributed by atoms with van der Waals surface area (Å²) >= 11 is 13.4. The standard InChI is InChI=1S/C14H15Cl2NS/c1-10-7-11(8-15)3-5-13(10)17(2)9-12-4-6-14(16)18-12/h3-7H,8-9H2,1-2H3. The van der Waals surface area contributed by atoms with Gasteiger partial charge < -0.3 is 4.90 Å². The van der Waals surface area contributed by atoms with Gasteiger partial charge in [0.15, 0.2) is 0 Å². The summed E-state index contributed by atoms with van der Waals surface area (Å²) in [6.07, 6.45) is 0. The highest BCUT2D eigenvalue weighted by molar-refractivity contribution is 7.16. The fourth-order valence-corrected chi connectivity index (χ4v) is 3.29. The van der Waals surface area contributed by atoms with Crippen LogP contribution in [-0.2, 0) is 12.4 Å². The predicted octanol–water partition coefficient (Wildman–Crippen LogP) is 5.09. The number of anilines is 1. The SMILES string of the molecule is Cc1cc(CCl)ccc1N(C)Cc1ccc(Cl)s1. The van der Waals surface area contributed by atoms with Gasteiger partial charge in [-0.2, -0.15) is 0 Å². The molecule has 0 fully saturated rings. The van der Waals surface area contributed by atoms with Gasteiger partial charge in [-0.05, 0) is 36.2 Å². The molecular formula is C14H15Cl2NS. The topological polar surface area (TPSA) is 3.24 Å². The Morgan fingerprint density at radius 1 is 1.22 bits per heavy atom. The van der Waals surface area contributed by atoms with Crippen molar-refractivity contribution in [3.8, 4) is 0 Å². The van der Waals surface area contributed by atoms with Gasteiger partial charge >= 0.3 is 0 Å². The average Bonchev–Trinajstić information content (AvgIpc) is 2.74. The number of thiophene rings is 1. The van der Waals surface area contributed by atoms with E-state index in [1.54, 1.807) is 11.3 Å². The molecule has 0 aliphatic carbocycles. The summed E-state index contributed by atoms with van der Waals surface area (Å²) in [5, 5.41) is 0. The second-order valence-electron chi connectivity index (χ2n) is 4.32. The molecule has 96 valence electrons. The maximum absolute atomic E-state index is 5.95. The number of rotatable bonds is 4. The van der Waals surface area contributed by atoms with E-state index >= 15 is 0 Å². The van der Waals surface area contributed by atoms with Crippen molar-refractivity contribution in [1.82, 2.24) is 0 Å². The predicted molar refractivity (Wildman–Crippen MR) is 82.2 cm³/mol. The number of halogens is 2. The molecule has 18 heavy (non-hydrogen) atoms. The zero-order valence-corrected chi connectivity index (χ0v) is 12.7. The number of aryl methyl sites for hydroxylation is 1. The van der Waals surface area contributed by atoms with Crippen molar-refractivity contribution in [2.75, 3.05) is 11.9 Å². The zero-order valence-electron chi connectivity index (χ0n) is 10.4. The maximum Gasteiger partial charge on any atom is 0.0931 e. The van der Waals surface area contributed by atoms with Crippen LogP contribution >= 0.6 is 34.5 Å². The summed E-state index contributed by atoms with van der Waals surface area (Å²) < 4.78 is 0.840. The number of hydrogen-bond donors (Lipinski definition) is 0. The number of hydrogen-bond acceptors (Lipinski definition) is 2. The Morgan fingerprint density at radius 3 is 2.56 bits per heavy atom. The van der Waals surface area contributed by atoms with Gasteiger partial charge in [-0.15, -0.1) is 22.9 Å². The van der Waals surface area contributed by atoms with Crippen LogP contribution in [0.3, 0.4) is 0 Å². The summed E-state index contributed by atoms with van der Waals surface area (Å²) in [6.45, 7) is 2.99. The fourth-order valence-electron chi connectivity index (χ4n) is 1.98. The first-order valence-corrected chi connectivity index (χ1v) is 7.44. The van der Waals surface area contributed by atoms with Gasteiger partial charge in [0, 0.05) is 23.5 Å². The summed E-state index contributed by atoms with van der Waals surface area (Å²) in [5.74, 6) is 0.561. The molecule has 0 atom stereocenters. The van der Waals surface area contributed by atoms with Gasteiger partial charge in [-0.3, -0.25) is 0 Å². The van der Waals surface area contributed by atoms with Gasteiger partial charge in [0.1, 0.15) is 0 Å². The van der Waals surface area contributed by atoms with Gasteiger partial charge in [0.25, 0.3) is 0 Å². The van der Waals surface area contributed by atoms with Crippen LogP contribution in [0, 0.1) is 6.92 Å². The summed E-state index contributed by atoms with van der Waals surface area (Å²) in [7, 11) is 2.09. The van der Waals surface area contributed by atoms with Crippen molar-refractivity contribution in [2.24, 2.45) is 0 Å². The van der Waals surface area contributed by atoms with Gasteiger partial charge in [0.2, 0.25) is 0 Å². The molecular weight excluding hydrogens is 285 g/mol. The fraction of sp³-hybridized carbons (Fsp3) is 0.286. The van der Waals surface area contributed by atoms with Crippen LogP contribution < -0.4 is 4.90 Å². The van der Waals surface area contributed by atoms with E-state index in [4.69, 9.17) is 23.2 Å². The Balaban J connectivity index is 2.15. The molecule has 0 N–H and O–H groups in total. The molecule has 1 heterocycles. The van der Waals surface area contributed by atoms with Crippen LogP contribution in [0.25, 0.3) is 0 Å². The van der Waals surface area contributed by atoms with E-state index in [0.29, 0.717) is 5.88 Å². The molecule has 0 unspecified atom stereocenters. The highest BCUT2D eigenvalue weighted by Gasteiger charge is 2.07. The molecule has 0 amide bonds. The molecule has 0 aliphatic heterocycles. The van der Waals surface area contributed by atoms with E-state index in [1.165, 1.54) is 16.1 Å². The van der Waals surface area contributed by atoms with E-state index in [9.17, 15) is 0 Å². The lowest BCUT2D eigenvalue weighted by atomic mass is 10.1. The smallest absolute Gasteiger partial charge is 0.0931 e. The molecule has 0 bridgehead atoms. The third kappa shape index (κ3) is 3.19. The highest BCUT2D eigenvalue weighted by Crippen LogP contribution is 2.26. The van der Waals surface area contributed by atoms with Gasteiger partial charge in [-0.1, -0.05) is 23.7 Å². The van der Waals surface area contributed by atoms with E-state index < -0.39 is 0 Å². The molecule has 1 aromatic heterocycles.